The van der Waals surface area contributed by atoms with E-state index in [0.717, 1.165) is 6.54 Å². The van der Waals surface area contributed by atoms with Crippen LogP contribution in [-0.4, -0.2) is 47.6 Å². The van der Waals surface area contributed by atoms with Crippen LogP contribution in [0.15, 0.2) is 0 Å². The van der Waals surface area contributed by atoms with Gasteiger partial charge in [0.25, 0.3) is 0 Å². The van der Waals surface area contributed by atoms with Crippen molar-refractivity contribution in [3.63, 3.8) is 0 Å². The van der Waals surface area contributed by atoms with Gasteiger partial charge >= 0.3 is 5.97 Å². The number of terminal acetylenes is 1. The molecule has 0 aliphatic rings. The third-order valence-corrected chi connectivity index (χ3v) is 2.08. The minimum atomic E-state index is -1.05. The monoisotopic (exact) mass is 240 g/mol. The van der Waals surface area contributed by atoms with Gasteiger partial charge in [-0.3, -0.25) is 9.59 Å². The van der Waals surface area contributed by atoms with Gasteiger partial charge in [0.15, 0.2) is 0 Å². The van der Waals surface area contributed by atoms with Gasteiger partial charge < -0.3 is 15.3 Å². The molecule has 5 heteroatoms. The molecule has 0 aromatic heterocycles. The highest BCUT2D eigenvalue weighted by molar-refractivity contribution is 5.81. The van der Waals surface area contributed by atoms with Crippen LogP contribution < -0.4 is 5.32 Å². The molecule has 0 aliphatic carbocycles. The van der Waals surface area contributed by atoms with Gasteiger partial charge in [0.05, 0.1) is 6.54 Å². The molecule has 0 bridgehead atoms. The molecule has 17 heavy (non-hydrogen) atoms. The second-order valence-corrected chi connectivity index (χ2v) is 4.06. The first kappa shape index (κ1) is 15.5. The fourth-order valence-corrected chi connectivity index (χ4v) is 1.29. The maximum atomic E-state index is 11.7. The zero-order chi connectivity index (χ0) is 13.3. The van der Waals surface area contributed by atoms with Crippen molar-refractivity contribution in [1.29, 1.82) is 0 Å². The van der Waals surface area contributed by atoms with Gasteiger partial charge in [-0.2, -0.15) is 0 Å². The lowest BCUT2D eigenvalue weighted by Gasteiger charge is -2.18. The SMILES string of the molecule is C#CCN(CC(=O)O)C(=O)CCCNC(C)C. The average molecular weight is 240 g/mol. The molecule has 0 aromatic rings. The van der Waals surface area contributed by atoms with Gasteiger partial charge in [-0.25, -0.2) is 0 Å². The lowest BCUT2D eigenvalue weighted by molar-refractivity contribution is -0.144. The van der Waals surface area contributed by atoms with Crippen LogP contribution in [0.3, 0.4) is 0 Å². The van der Waals surface area contributed by atoms with E-state index in [2.05, 4.69) is 11.2 Å². The van der Waals surface area contributed by atoms with Crippen molar-refractivity contribution in [2.24, 2.45) is 0 Å². The second-order valence-electron chi connectivity index (χ2n) is 4.06. The first-order valence-electron chi connectivity index (χ1n) is 5.63. The number of carboxylic acids is 1. The van der Waals surface area contributed by atoms with Gasteiger partial charge in [0.1, 0.15) is 6.54 Å². The van der Waals surface area contributed by atoms with Crippen LogP contribution in [0.2, 0.25) is 0 Å². The first-order chi connectivity index (χ1) is 7.97. The van der Waals surface area contributed by atoms with E-state index in [0.29, 0.717) is 18.9 Å². The van der Waals surface area contributed by atoms with Crippen molar-refractivity contribution in [3.05, 3.63) is 0 Å². The highest BCUT2D eigenvalue weighted by Crippen LogP contribution is 1.97. The maximum Gasteiger partial charge on any atom is 0.323 e. The zero-order valence-corrected chi connectivity index (χ0v) is 10.4. The molecule has 96 valence electrons. The zero-order valence-electron chi connectivity index (χ0n) is 10.4. The fraction of sp³-hybridized carbons (Fsp3) is 0.667. The van der Waals surface area contributed by atoms with Crippen molar-refractivity contribution in [1.82, 2.24) is 10.2 Å². The van der Waals surface area contributed by atoms with Crippen molar-refractivity contribution in [3.8, 4) is 12.3 Å². The third kappa shape index (κ3) is 8.29. The summed E-state index contributed by atoms with van der Waals surface area (Å²) in [5, 5.41) is 11.8. The largest absolute Gasteiger partial charge is 0.480 e. The van der Waals surface area contributed by atoms with Crippen molar-refractivity contribution < 1.29 is 14.7 Å². The van der Waals surface area contributed by atoms with Crippen LogP contribution in [0.25, 0.3) is 0 Å². The molecule has 0 saturated heterocycles. The minimum Gasteiger partial charge on any atom is -0.480 e. The predicted octanol–water partition coefficient (Wildman–Crippen LogP) is 0.311. The summed E-state index contributed by atoms with van der Waals surface area (Å²) in [5.74, 6) is 1.03. The number of nitrogens with zero attached hydrogens (tertiary/aromatic N) is 1. The molecule has 2 N–H and O–H groups in total. The highest BCUT2D eigenvalue weighted by Gasteiger charge is 2.14. The molecule has 0 aliphatic heterocycles. The van der Waals surface area contributed by atoms with Crippen molar-refractivity contribution in [2.45, 2.75) is 32.7 Å². The van der Waals surface area contributed by atoms with Gasteiger partial charge in [0, 0.05) is 12.5 Å². The molecule has 0 saturated carbocycles. The second kappa shape index (κ2) is 8.59. The number of carbonyl (C=O) groups is 2. The Hall–Kier alpha value is -1.54. The Balaban J connectivity index is 3.98. The number of carbonyl (C=O) groups excluding carboxylic acids is 1. The Labute approximate surface area is 102 Å². The highest BCUT2D eigenvalue weighted by atomic mass is 16.4. The van der Waals surface area contributed by atoms with Gasteiger partial charge in [-0.15, -0.1) is 6.42 Å². The predicted molar refractivity (Wildman–Crippen MR) is 65.4 cm³/mol. The van der Waals surface area contributed by atoms with Gasteiger partial charge in [-0.05, 0) is 13.0 Å². The van der Waals surface area contributed by atoms with E-state index in [9.17, 15) is 9.59 Å². The van der Waals surface area contributed by atoms with Gasteiger partial charge in [-0.1, -0.05) is 19.8 Å². The summed E-state index contributed by atoms with van der Waals surface area (Å²) in [7, 11) is 0. The standard InChI is InChI=1S/C12H20N2O3/c1-4-8-14(9-12(16)17)11(15)6-5-7-13-10(2)3/h1,10,13H,5-9H2,2-3H3,(H,16,17). The molecule has 0 spiro atoms. The van der Waals surface area contributed by atoms with E-state index in [4.69, 9.17) is 11.5 Å². The van der Waals surface area contributed by atoms with Crippen LogP contribution in [0, 0.1) is 12.3 Å². The topological polar surface area (TPSA) is 69.6 Å². The number of nitrogens with one attached hydrogen (secondary N) is 1. The summed E-state index contributed by atoms with van der Waals surface area (Å²) >= 11 is 0. The van der Waals surface area contributed by atoms with Gasteiger partial charge in [0.2, 0.25) is 5.91 Å². The minimum absolute atomic E-state index is 0.0444. The van der Waals surface area contributed by atoms with Crippen LogP contribution in [0.4, 0.5) is 0 Å². The summed E-state index contributed by atoms with van der Waals surface area (Å²) in [6.07, 6.45) is 6.08. The molecule has 0 fully saturated rings. The lowest BCUT2D eigenvalue weighted by Crippen LogP contribution is -2.36. The summed E-state index contributed by atoms with van der Waals surface area (Å²) in [4.78, 5) is 23.4. The van der Waals surface area contributed by atoms with E-state index in [1.54, 1.807) is 0 Å². The molecule has 5 nitrogen and oxygen atoms in total. The summed E-state index contributed by atoms with van der Waals surface area (Å²) in [6.45, 7) is 4.50. The molecule has 0 radical (unpaired) electrons. The average Bonchev–Trinajstić information content (AvgIpc) is 2.22. The van der Waals surface area contributed by atoms with Crippen LogP contribution in [0.5, 0.6) is 0 Å². The lowest BCUT2D eigenvalue weighted by atomic mass is 10.2. The third-order valence-electron chi connectivity index (χ3n) is 2.08. The molecular formula is C12H20N2O3. The maximum absolute atomic E-state index is 11.7. The molecule has 0 unspecified atom stereocenters. The molecule has 0 rings (SSSR count). The Bertz CT molecular complexity index is 295. The number of rotatable bonds is 8. The van der Waals surface area contributed by atoms with E-state index in [1.165, 1.54) is 4.90 Å². The number of hydrogen-bond donors (Lipinski definition) is 2. The van der Waals surface area contributed by atoms with E-state index < -0.39 is 5.97 Å². The number of carboxylic acid groups (broad SMARTS) is 1. The normalized spacial score (nSPS) is 10.0. The summed E-state index contributed by atoms with van der Waals surface area (Å²) < 4.78 is 0. The molecule has 0 aromatic carbocycles. The molecule has 0 atom stereocenters. The smallest absolute Gasteiger partial charge is 0.323 e. The number of aliphatic carboxylic acids is 1. The first-order valence-corrected chi connectivity index (χ1v) is 5.63. The summed E-state index contributed by atoms with van der Waals surface area (Å²) in [5.41, 5.74) is 0. The fourth-order valence-electron chi connectivity index (χ4n) is 1.29. The molecular weight excluding hydrogens is 220 g/mol. The van der Waals surface area contributed by atoms with Crippen LogP contribution >= 0.6 is 0 Å². The Morgan fingerprint density at radius 2 is 2.12 bits per heavy atom. The van der Waals surface area contributed by atoms with Crippen molar-refractivity contribution in [2.75, 3.05) is 19.6 Å². The Morgan fingerprint density at radius 1 is 1.47 bits per heavy atom. The van der Waals surface area contributed by atoms with Crippen LogP contribution in [-0.2, 0) is 9.59 Å². The quantitative estimate of drug-likeness (QED) is 0.473. The van der Waals surface area contributed by atoms with Crippen molar-refractivity contribution >= 4 is 11.9 Å². The number of hydrogen-bond acceptors (Lipinski definition) is 3. The molecule has 1 amide bonds. The Morgan fingerprint density at radius 3 is 2.59 bits per heavy atom. The Kier molecular flexibility index (Phi) is 7.82. The van der Waals surface area contributed by atoms with E-state index in [1.807, 2.05) is 13.8 Å². The molecule has 0 heterocycles. The summed E-state index contributed by atoms with van der Waals surface area (Å²) in [6, 6.07) is 0.380. The van der Waals surface area contributed by atoms with E-state index in [-0.39, 0.29) is 19.0 Å². The van der Waals surface area contributed by atoms with E-state index >= 15 is 0 Å². The van der Waals surface area contributed by atoms with Crippen LogP contribution in [0.1, 0.15) is 26.7 Å². The number of amides is 1.